The van der Waals surface area contributed by atoms with E-state index >= 15 is 0 Å². The second-order valence-electron chi connectivity index (χ2n) is 7.11. The van der Waals surface area contributed by atoms with Crippen molar-refractivity contribution in [3.05, 3.63) is 95.9 Å². The lowest BCUT2D eigenvalue weighted by molar-refractivity contribution is 0.0949. The Labute approximate surface area is 170 Å². The summed E-state index contributed by atoms with van der Waals surface area (Å²) in [5, 5.41) is 4.16. The Morgan fingerprint density at radius 2 is 1.83 bits per heavy atom. The number of hydrogen-bond acceptors (Lipinski definition) is 3. The Balaban J connectivity index is 1.32. The molecule has 146 valence electrons. The number of pyridine rings is 1. The Morgan fingerprint density at radius 1 is 1.03 bits per heavy atom. The topological polar surface area (TPSA) is 61.0 Å². The second-order valence-corrected chi connectivity index (χ2v) is 7.11. The minimum absolute atomic E-state index is 0.151. The number of fused-ring (bicyclic) bond motifs is 1. The molecule has 0 aliphatic rings. The van der Waals surface area contributed by atoms with Crippen LogP contribution in [0.15, 0.2) is 79.1 Å². The highest BCUT2D eigenvalue weighted by molar-refractivity contribution is 5.92. The van der Waals surface area contributed by atoms with Gasteiger partial charge in [0.05, 0.1) is 11.9 Å². The first kappa shape index (κ1) is 18.7. The maximum atomic E-state index is 12.4. The molecule has 0 fully saturated rings. The van der Waals surface area contributed by atoms with Crippen LogP contribution in [0.4, 0.5) is 5.69 Å². The zero-order valence-corrected chi connectivity index (χ0v) is 16.4. The summed E-state index contributed by atoms with van der Waals surface area (Å²) in [5.41, 5.74) is 4.96. The number of aromatic nitrogens is 2. The lowest BCUT2D eigenvalue weighted by atomic mass is 10.1. The van der Waals surface area contributed by atoms with E-state index in [4.69, 9.17) is 0 Å². The van der Waals surface area contributed by atoms with Crippen molar-refractivity contribution in [2.24, 2.45) is 0 Å². The molecule has 4 rings (SSSR count). The molecule has 5 heteroatoms. The molecule has 2 aromatic carbocycles. The molecular weight excluding hydrogens is 360 g/mol. The lowest BCUT2D eigenvalue weighted by Gasteiger charge is -2.19. The highest BCUT2D eigenvalue weighted by Crippen LogP contribution is 2.18. The summed E-state index contributed by atoms with van der Waals surface area (Å²) >= 11 is 0. The van der Waals surface area contributed by atoms with Gasteiger partial charge >= 0.3 is 0 Å². The largest absolute Gasteiger partial charge is 0.369 e. The summed E-state index contributed by atoms with van der Waals surface area (Å²) in [4.78, 5) is 22.1. The van der Waals surface area contributed by atoms with Crippen molar-refractivity contribution in [1.82, 2.24) is 15.3 Å². The molecule has 4 aromatic rings. The number of H-pyrrole nitrogens is 1. The van der Waals surface area contributed by atoms with Crippen molar-refractivity contribution in [3.63, 3.8) is 0 Å². The van der Waals surface area contributed by atoms with Crippen molar-refractivity contribution >= 4 is 22.5 Å². The maximum Gasteiger partial charge on any atom is 0.269 e. The summed E-state index contributed by atoms with van der Waals surface area (Å²) in [6, 6.07) is 22.2. The Bertz CT molecular complexity index is 1090. The van der Waals surface area contributed by atoms with Crippen LogP contribution in [0.25, 0.3) is 10.9 Å². The van der Waals surface area contributed by atoms with Gasteiger partial charge in [-0.2, -0.15) is 0 Å². The van der Waals surface area contributed by atoms with E-state index in [2.05, 4.69) is 44.5 Å². The molecule has 5 nitrogen and oxygen atoms in total. The minimum Gasteiger partial charge on any atom is -0.369 e. The van der Waals surface area contributed by atoms with Gasteiger partial charge in [-0.05, 0) is 35.7 Å². The van der Waals surface area contributed by atoms with E-state index in [0.717, 1.165) is 24.2 Å². The fourth-order valence-corrected chi connectivity index (χ4v) is 3.43. The van der Waals surface area contributed by atoms with E-state index in [9.17, 15) is 4.79 Å². The van der Waals surface area contributed by atoms with Crippen LogP contribution in [0.5, 0.6) is 0 Å². The Morgan fingerprint density at radius 3 is 2.62 bits per heavy atom. The molecule has 2 N–H and O–H groups in total. The average molecular weight is 384 g/mol. The predicted molar refractivity (Wildman–Crippen MR) is 117 cm³/mol. The average Bonchev–Trinajstić information content (AvgIpc) is 3.18. The van der Waals surface area contributed by atoms with Crippen molar-refractivity contribution in [2.45, 2.75) is 13.0 Å². The van der Waals surface area contributed by atoms with Crippen LogP contribution >= 0.6 is 0 Å². The monoisotopic (exact) mass is 384 g/mol. The zero-order valence-electron chi connectivity index (χ0n) is 16.4. The number of benzene rings is 2. The minimum atomic E-state index is -0.151. The lowest BCUT2D eigenvalue weighted by Crippen LogP contribution is -2.26. The molecule has 0 aliphatic heterocycles. The number of anilines is 1. The maximum absolute atomic E-state index is 12.4. The van der Waals surface area contributed by atoms with Gasteiger partial charge in [0.15, 0.2) is 0 Å². The molecular formula is C24H24N4O. The molecule has 0 saturated heterocycles. The number of rotatable bonds is 7. The van der Waals surface area contributed by atoms with Gasteiger partial charge in [0.25, 0.3) is 5.91 Å². The fraction of sp³-hybridized carbons (Fsp3) is 0.167. The van der Waals surface area contributed by atoms with E-state index in [1.165, 1.54) is 16.5 Å². The van der Waals surface area contributed by atoms with Gasteiger partial charge in [0, 0.05) is 37.2 Å². The van der Waals surface area contributed by atoms with Crippen LogP contribution in [0.1, 0.15) is 21.6 Å². The second kappa shape index (κ2) is 8.61. The van der Waals surface area contributed by atoms with Gasteiger partial charge in [-0.15, -0.1) is 0 Å². The third kappa shape index (κ3) is 4.46. The van der Waals surface area contributed by atoms with Gasteiger partial charge in [0.2, 0.25) is 0 Å². The van der Waals surface area contributed by atoms with E-state index in [1.54, 1.807) is 12.3 Å². The first-order chi connectivity index (χ1) is 14.2. The van der Waals surface area contributed by atoms with Crippen molar-refractivity contribution in [2.75, 3.05) is 18.5 Å². The van der Waals surface area contributed by atoms with Crippen LogP contribution in [-0.4, -0.2) is 29.5 Å². The number of carbonyl (C=O) groups is 1. The Hall–Kier alpha value is -3.60. The van der Waals surface area contributed by atoms with Crippen LogP contribution < -0.4 is 10.2 Å². The number of carbonyl (C=O) groups excluding carboxylic acids is 1. The van der Waals surface area contributed by atoms with Gasteiger partial charge in [-0.25, -0.2) is 4.98 Å². The third-order valence-electron chi connectivity index (χ3n) is 5.04. The summed E-state index contributed by atoms with van der Waals surface area (Å²) in [5.74, 6) is -0.151. The number of nitrogens with one attached hydrogen (secondary N) is 2. The fourth-order valence-electron chi connectivity index (χ4n) is 3.43. The standard InChI is InChI=1S/C24H24N4O/c1-28(17-18-7-3-2-4-8-18)20-11-12-23(27-16-20)24(29)25-14-13-19-15-26-22-10-6-5-9-21(19)22/h2-12,15-16,26H,13-14,17H2,1H3,(H,25,29). The Kier molecular flexibility index (Phi) is 5.56. The first-order valence-electron chi connectivity index (χ1n) is 9.75. The molecule has 0 bridgehead atoms. The molecule has 0 spiro atoms. The van der Waals surface area contributed by atoms with Crippen molar-refractivity contribution in [1.29, 1.82) is 0 Å². The van der Waals surface area contributed by atoms with Crippen LogP contribution in [0.2, 0.25) is 0 Å². The normalized spacial score (nSPS) is 10.8. The van der Waals surface area contributed by atoms with Crippen LogP contribution in [-0.2, 0) is 13.0 Å². The van der Waals surface area contributed by atoms with Crippen molar-refractivity contribution < 1.29 is 4.79 Å². The molecule has 0 atom stereocenters. The molecule has 2 heterocycles. The third-order valence-corrected chi connectivity index (χ3v) is 5.04. The molecule has 0 aliphatic carbocycles. The quantitative estimate of drug-likeness (QED) is 0.503. The summed E-state index contributed by atoms with van der Waals surface area (Å²) < 4.78 is 0. The van der Waals surface area contributed by atoms with E-state index in [1.807, 2.05) is 49.6 Å². The molecule has 0 radical (unpaired) electrons. The SMILES string of the molecule is CN(Cc1ccccc1)c1ccc(C(=O)NCCc2c[nH]c3ccccc23)nc1. The van der Waals surface area contributed by atoms with Gasteiger partial charge in [-0.3, -0.25) is 4.79 Å². The van der Waals surface area contributed by atoms with E-state index in [0.29, 0.717) is 12.2 Å². The van der Waals surface area contributed by atoms with Crippen LogP contribution in [0.3, 0.4) is 0 Å². The van der Waals surface area contributed by atoms with E-state index in [-0.39, 0.29) is 5.91 Å². The smallest absolute Gasteiger partial charge is 0.269 e. The molecule has 2 aromatic heterocycles. The van der Waals surface area contributed by atoms with Crippen molar-refractivity contribution in [3.8, 4) is 0 Å². The first-order valence-corrected chi connectivity index (χ1v) is 9.75. The molecule has 0 saturated carbocycles. The summed E-state index contributed by atoms with van der Waals surface area (Å²) in [6.45, 7) is 1.36. The summed E-state index contributed by atoms with van der Waals surface area (Å²) in [7, 11) is 2.02. The zero-order chi connectivity index (χ0) is 20.1. The number of aromatic amines is 1. The highest BCUT2D eigenvalue weighted by atomic mass is 16.1. The molecule has 0 unspecified atom stereocenters. The number of para-hydroxylation sites is 1. The number of nitrogens with zero attached hydrogens (tertiary/aromatic N) is 2. The molecule has 29 heavy (non-hydrogen) atoms. The summed E-state index contributed by atoms with van der Waals surface area (Å²) in [6.07, 6.45) is 4.53. The molecule has 1 amide bonds. The van der Waals surface area contributed by atoms with Gasteiger partial charge < -0.3 is 15.2 Å². The van der Waals surface area contributed by atoms with Crippen LogP contribution in [0, 0.1) is 0 Å². The van der Waals surface area contributed by atoms with Gasteiger partial charge in [0.1, 0.15) is 5.69 Å². The van der Waals surface area contributed by atoms with E-state index < -0.39 is 0 Å². The predicted octanol–water partition coefficient (Wildman–Crippen LogP) is 4.17. The highest BCUT2D eigenvalue weighted by Gasteiger charge is 2.09. The number of hydrogen-bond donors (Lipinski definition) is 2. The van der Waals surface area contributed by atoms with Gasteiger partial charge in [-0.1, -0.05) is 48.5 Å². The number of amides is 1.